The number of para-hydroxylation sites is 1. The number of halogens is 3. The summed E-state index contributed by atoms with van der Waals surface area (Å²) >= 11 is 1.14. The minimum absolute atomic E-state index is 0.0298. The van der Waals surface area contributed by atoms with Crippen LogP contribution in [0.25, 0.3) is 0 Å². The summed E-state index contributed by atoms with van der Waals surface area (Å²) in [6.45, 7) is 1.36. The number of likely N-dealkylation sites (N-methyl/N-ethyl adjacent to an activating group) is 1. The predicted octanol–water partition coefficient (Wildman–Crippen LogP) is 4.23. The van der Waals surface area contributed by atoms with E-state index in [1.165, 1.54) is 37.1 Å². The van der Waals surface area contributed by atoms with Gasteiger partial charge in [0.05, 0.1) is 23.4 Å². The number of fused-ring (bicyclic) bond motifs is 1. The summed E-state index contributed by atoms with van der Waals surface area (Å²) in [5.74, 6) is -4.82. The molecular formula is C27H24F3N3O3S. The highest BCUT2D eigenvalue weighted by Gasteiger charge is 2.46. The minimum atomic E-state index is -1.50. The van der Waals surface area contributed by atoms with Crippen molar-refractivity contribution < 1.29 is 27.6 Å². The van der Waals surface area contributed by atoms with E-state index >= 15 is 4.39 Å². The number of nitrogens with zero attached hydrogens (tertiary/aromatic N) is 2. The summed E-state index contributed by atoms with van der Waals surface area (Å²) in [5.41, 5.74) is 6.48. The van der Waals surface area contributed by atoms with Gasteiger partial charge in [-0.15, -0.1) is 11.8 Å². The fraction of sp³-hybridized carbons (Fsp3) is 0.222. The summed E-state index contributed by atoms with van der Waals surface area (Å²) in [5, 5.41) is -1.03. The van der Waals surface area contributed by atoms with E-state index in [9.17, 15) is 23.2 Å². The van der Waals surface area contributed by atoms with Gasteiger partial charge < -0.3 is 10.6 Å². The van der Waals surface area contributed by atoms with Gasteiger partial charge in [0, 0.05) is 23.6 Å². The van der Waals surface area contributed by atoms with Crippen molar-refractivity contribution in [3.63, 3.8) is 0 Å². The molecule has 0 aliphatic carbocycles. The number of amides is 3. The Bertz CT molecular complexity index is 1350. The predicted molar refractivity (Wildman–Crippen MR) is 134 cm³/mol. The number of imide groups is 1. The van der Waals surface area contributed by atoms with Crippen LogP contribution in [0.4, 0.5) is 18.9 Å². The van der Waals surface area contributed by atoms with E-state index in [1.54, 1.807) is 30.3 Å². The first-order valence-corrected chi connectivity index (χ1v) is 12.3. The van der Waals surface area contributed by atoms with Crippen LogP contribution in [0.15, 0.2) is 71.6 Å². The van der Waals surface area contributed by atoms with Crippen LogP contribution >= 0.6 is 11.8 Å². The number of hydrogen-bond donors (Lipinski definition) is 1. The zero-order valence-electron chi connectivity index (χ0n) is 20.0. The molecule has 0 radical (unpaired) electrons. The molecule has 0 bridgehead atoms. The topological polar surface area (TPSA) is 83.7 Å². The maximum absolute atomic E-state index is 15.1. The summed E-state index contributed by atoms with van der Waals surface area (Å²) in [6.07, 6.45) is -0.581. The largest absolute Gasteiger partial charge is 0.320 e. The molecule has 6 nitrogen and oxygen atoms in total. The second-order valence-electron chi connectivity index (χ2n) is 8.71. The summed E-state index contributed by atoms with van der Waals surface area (Å²) in [4.78, 5) is 43.6. The monoisotopic (exact) mass is 527 g/mol. The Morgan fingerprint density at radius 1 is 1.03 bits per heavy atom. The maximum atomic E-state index is 15.1. The van der Waals surface area contributed by atoms with E-state index in [2.05, 4.69) is 0 Å². The second kappa shape index (κ2) is 10.8. The van der Waals surface area contributed by atoms with Gasteiger partial charge in [-0.1, -0.05) is 30.3 Å². The van der Waals surface area contributed by atoms with Crippen molar-refractivity contribution in [1.82, 2.24) is 4.90 Å². The molecule has 0 unspecified atom stereocenters. The lowest BCUT2D eigenvalue weighted by Gasteiger charge is -2.35. The van der Waals surface area contributed by atoms with Crippen molar-refractivity contribution >= 4 is 35.2 Å². The van der Waals surface area contributed by atoms with Crippen molar-refractivity contribution in [3.8, 4) is 0 Å². The molecule has 0 aromatic heterocycles. The molecule has 192 valence electrons. The minimum Gasteiger partial charge on any atom is -0.320 e. The Balaban J connectivity index is 1.87. The zero-order valence-corrected chi connectivity index (χ0v) is 20.8. The first-order valence-electron chi connectivity index (χ1n) is 11.4. The summed E-state index contributed by atoms with van der Waals surface area (Å²) in [6, 6.07) is 12.7. The number of benzene rings is 3. The molecule has 2 N–H and O–H groups in total. The Hall–Kier alpha value is -3.63. The Morgan fingerprint density at radius 3 is 2.30 bits per heavy atom. The van der Waals surface area contributed by atoms with Crippen LogP contribution in [0.3, 0.4) is 0 Å². The molecule has 0 saturated carbocycles. The number of rotatable bonds is 5. The normalized spacial score (nSPS) is 18.1. The average Bonchev–Trinajstić information content (AvgIpc) is 2.94. The second-order valence-corrected chi connectivity index (χ2v) is 9.90. The molecule has 0 spiro atoms. The van der Waals surface area contributed by atoms with Gasteiger partial charge in [-0.3, -0.25) is 19.3 Å². The molecule has 1 heterocycles. The average molecular weight is 528 g/mol. The molecule has 3 aromatic rings. The highest BCUT2D eigenvalue weighted by Crippen LogP contribution is 2.47. The lowest BCUT2D eigenvalue weighted by molar-refractivity contribution is -0.151. The van der Waals surface area contributed by atoms with Gasteiger partial charge in [0.2, 0.25) is 11.8 Å². The molecule has 0 fully saturated rings. The number of nitrogens with two attached hydrogens (primary N) is 1. The third-order valence-corrected chi connectivity index (χ3v) is 7.38. The molecule has 10 heteroatoms. The van der Waals surface area contributed by atoms with Crippen molar-refractivity contribution in [3.05, 3.63) is 95.3 Å². The van der Waals surface area contributed by atoms with Crippen LogP contribution in [-0.2, 0) is 20.8 Å². The van der Waals surface area contributed by atoms with Crippen molar-refractivity contribution in [2.45, 2.75) is 35.6 Å². The van der Waals surface area contributed by atoms with Gasteiger partial charge in [0.25, 0.3) is 5.91 Å². The van der Waals surface area contributed by atoms with E-state index < -0.39 is 58.9 Å². The van der Waals surface area contributed by atoms with E-state index in [4.69, 9.17) is 5.73 Å². The quantitative estimate of drug-likeness (QED) is 0.537. The van der Waals surface area contributed by atoms with Crippen LogP contribution in [0, 0.1) is 17.5 Å². The smallest absolute Gasteiger partial charge is 0.251 e. The fourth-order valence-electron chi connectivity index (χ4n) is 4.27. The number of thioether (sulfide) groups is 1. The van der Waals surface area contributed by atoms with Crippen LogP contribution in [0.2, 0.25) is 0 Å². The van der Waals surface area contributed by atoms with Gasteiger partial charge in [-0.2, -0.15) is 0 Å². The molecule has 0 saturated heterocycles. The van der Waals surface area contributed by atoms with Crippen molar-refractivity contribution in [2.24, 2.45) is 5.73 Å². The Morgan fingerprint density at radius 2 is 1.65 bits per heavy atom. The standard InChI is InChI=1S/C27H24F3N3O3S/c1-15(31)26(35)33(23(34)13-16-11-17(28)14-18(29)12-16)24-25(19-7-3-4-8-20(19)30)37-22-10-6-5-9-21(22)32(2)27(24)36/h3-12,14-15,24-25H,13,31H2,1-2H3/t15-,24-,25+/m0/s1. The Labute approximate surface area is 216 Å². The zero-order chi connectivity index (χ0) is 26.9. The molecule has 1 aliphatic heterocycles. The van der Waals surface area contributed by atoms with Crippen LogP contribution in [0.5, 0.6) is 0 Å². The molecule has 3 amide bonds. The molecule has 37 heavy (non-hydrogen) atoms. The third-order valence-electron chi connectivity index (χ3n) is 6.01. The van der Waals surface area contributed by atoms with E-state index in [-0.39, 0.29) is 11.1 Å². The van der Waals surface area contributed by atoms with Gasteiger partial charge in [-0.25, -0.2) is 13.2 Å². The molecule has 1 aliphatic rings. The van der Waals surface area contributed by atoms with Crippen molar-refractivity contribution in [2.75, 3.05) is 11.9 Å². The van der Waals surface area contributed by atoms with Gasteiger partial charge in [0.1, 0.15) is 23.5 Å². The van der Waals surface area contributed by atoms with Crippen LogP contribution < -0.4 is 10.6 Å². The lowest BCUT2D eigenvalue weighted by atomic mass is 9.99. The van der Waals surface area contributed by atoms with Crippen LogP contribution in [-0.4, -0.2) is 41.8 Å². The number of hydrogen-bond acceptors (Lipinski definition) is 5. The summed E-state index contributed by atoms with van der Waals surface area (Å²) in [7, 11) is 1.50. The summed E-state index contributed by atoms with van der Waals surface area (Å²) < 4.78 is 42.7. The maximum Gasteiger partial charge on any atom is 0.251 e. The SMILES string of the molecule is C[C@H](N)C(=O)N(C(=O)Cc1cc(F)cc(F)c1)[C@@H]1C(=O)N(C)c2ccccc2S[C@@H]1c1ccccc1F. The van der Waals surface area contributed by atoms with Gasteiger partial charge in [0.15, 0.2) is 0 Å². The van der Waals surface area contributed by atoms with Crippen molar-refractivity contribution in [1.29, 1.82) is 0 Å². The van der Waals surface area contributed by atoms with E-state index in [0.717, 1.165) is 28.8 Å². The lowest BCUT2D eigenvalue weighted by Crippen LogP contribution is -2.58. The first-order chi connectivity index (χ1) is 17.6. The Kier molecular flexibility index (Phi) is 7.70. The fourth-order valence-corrected chi connectivity index (χ4v) is 5.72. The van der Waals surface area contributed by atoms with Gasteiger partial charge in [-0.05, 0) is 42.8 Å². The molecular weight excluding hydrogens is 503 g/mol. The first kappa shape index (κ1) is 26.4. The highest BCUT2D eigenvalue weighted by molar-refractivity contribution is 7.99. The molecule has 3 aromatic carbocycles. The number of anilines is 1. The number of carbonyl (C=O) groups excluding carboxylic acids is 3. The third kappa shape index (κ3) is 5.40. The molecule has 3 atom stereocenters. The van der Waals surface area contributed by atoms with Crippen LogP contribution in [0.1, 0.15) is 23.3 Å². The molecule has 4 rings (SSSR count). The van der Waals surface area contributed by atoms with E-state index in [0.29, 0.717) is 16.6 Å². The van der Waals surface area contributed by atoms with E-state index in [1.807, 2.05) is 0 Å². The highest BCUT2D eigenvalue weighted by atomic mass is 32.2. The number of carbonyl (C=O) groups is 3. The van der Waals surface area contributed by atoms with Gasteiger partial charge >= 0.3 is 0 Å².